The van der Waals surface area contributed by atoms with E-state index in [1.165, 1.54) is 17.4 Å². The molecule has 2 rings (SSSR count). The number of phenolic OH excluding ortho intramolecular Hbond substituents is 1. The van der Waals surface area contributed by atoms with Crippen LogP contribution >= 0.6 is 11.3 Å². The van der Waals surface area contributed by atoms with Gasteiger partial charge in [-0.3, -0.25) is 0 Å². The van der Waals surface area contributed by atoms with E-state index in [2.05, 4.69) is 31.1 Å². The fraction of sp³-hybridized carbons (Fsp3) is 0.438. The summed E-state index contributed by atoms with van der Waals surface area (Å²) in [5.74, 6) is -0.206. The Morgan fingerprint density at radius 3 is 2.76 bits per heavy atom. The Labute approximate surface area is 128 Å². The Kier molecular flexibility index (Phi) is 5.31. The number of hydrogen-bond acceptors (Lipinski definition) is 4. The van der Waals surface area contributed by atoms with Crippen molar-refractivity contribution >= 4 is 11.3 Å². The highest BCUT2D eigenvalue weighted by Crippen LogP contribution is 2.34. The van der Waals surface area contributed by atoms with Crippen molar-refractivity contribution in [2.75, 3.05) is 6.54 Å². The van der Waals surface area contributed by atoms with Crippen LogP contribution in [0, 0.1) is 5.82 Å². The van der Waals surface area contributed by atoms with Gasteiger partial charge in [0.15, 0.2) is 0 Å². The van der Waals surface area contributed by atoms with Crippen molar-refractivity contribution in [3.8, 4) is 16.3 Å². The third-order valence-electron chi connectivity index (χ3n) is 3.17. The number of benzene rings is 1. The minimum absolute atomic E-state index is 0.0678. The van der Waals surface area contributed by atoms with Crippen molar-refractivity contribution in [1.82, 2.24) is 10.3 Å². The topological polar surface area (TPSA) is 45.1 Å². The minimum atomic E-state index is -0.438. The number of aromatic nitrogens is 1. The second kappa shape index (κ2) is 7.00. The molecule has 5 heteroatoms. The third kappa shape index (κ3) is 3.80. The van der Waals surface area contributed by atoms with Crippen molar-refractivity contribution < 1.29 is 9.50 Å². The Bertz CT molecular complexity index is 610. The van der Waals surface area contributed by atoms with Crippen molar-refractivity contribution in [1.29, 1.82) is 0 Å². The smallest absolute Gasteiger partial charge is 0.137 e. The molecule has 0 radical (unpaired) electrons. The molecule has 1 heterocycles. The van der Waals surface area contributed by atoms with E-state index in [0.29, 0.717) is 16.5 Å². The first-order valence-corrected chi connectivity index (χ1v) is 8.03. The molecule has 0 amide bonds. The van der Waals surface area contributed by atoms with Crippen LogP contribution in [0.1, 0.15) is 43.7 Å². The zero-order valence-corrected chi connectivity index (χ0v) is 13.4. The van der Waals surface area contributed by atoms with Crippen LogP contribution in [0.2, 0.25) is 0 Å². The zero-order chi connectivity index (χ0) is 15.4. The average molecular weight is 308 g/mol. The molecular formula is C16H21FN2OS. The molecule has 0 aliphatic heterocycles. The van der Waals surface area contributed by atoms with Crippen LogP contribution in [0.15, 0.2) is 18.2 Å². The van der Waals surface area contributed by atoms with E-state index in [1.807, 2.05) is 0 Å². The van der Waals surface area contributed by atoms with Gasteiger partial charge in [-0.1, -0.05) is 20.8 Å². The first-order chi connectivity index (χ1) is 10.0. The van der Waals surface area contributed by atoms with E-state index in [9.17, 15) is 9.50 Å². The number of aromatic hydroxyl groups is 1. The molecule has 0 saturated carbocycles. The van der Waals surface area contributed by atoms with Crippen LogP contribution in [0.3, 0.4) is 0 Å². The second-order valence-corrected chi connectivity index (χ2v) is 6.41. The van der Waals surface area contributed by atoms with Gasteiger partial charge in [0.2, 0.25) is 0 Å². The van der Waals surface area contributed by atoms with Gasteiger partial charge in [0.25, 0.3) is 0 Å². The molecule has 0 unspecified atom stereocenters. The summed E-state index contributed by atoms with van der Waals surface area (Å²) in [5, 5.41) is 13.4. The summed E-state index contributed by atoms with van der Waals surface area (Å²) < 4.78 is 14.0. The van der Waals surface area contributed by atoms with Gasteiger partial charge in [0, 0.05) is 23.1 Å². The summed E-state index contributed by atoms with van der Waals surface area (Å²) in [6, 6.07) is 4.20. The molecule has 0 aliphatic carbocycles. The summed E-state index contributed by atoms with van der Waals surface area (Å²) in [4.78, 5) is 5.76. The van der Waals surface area contributed by atoms with Gasteiger partial charge in [-0.2, -0.15) is 0 Å². The molecule has 1 aromatic heterocycles. The van der Waals surface area contributed by atoms with Crippen molar-refractivity contribution in [2.45, 2.75) is 39.7 Å². The highest BCUT2D eigenvalue weighted by atomic mass is 32.1. The lowest BCUT2D eigenvalue weighted by molar-refractivity contribution is 0.469. The van der Waals surface area contributed by atoms with Gasteiger partial charge in [-0.05, 0) is 31.0 Å². The lowest BCUT2D eigenvalue weighted by Crippen LogP contribution is -2.14. The maximum Gasteiger partial charge on any atom is 0.137 e. The number of nitrogens with zero attached hydrogens (tertiary/aromatic N) is 1. The van der Waals surface area contributed by atoms with Crippen molar-refractivity contribution in [3.63, 3.8) is 0 Å². The van der Waals surface area contributed by atoms with Crippen LogP contribution in [0.25, 0.3) is 10.6 Å². The SMILES string of the molecule is CCCNCc1sc(-c2ccc(O)cc2F)nc1C(C)C. The summed E-state index contributed by atoms with van der Waals surface area (Å²) in [7, 11) is 0. The second-order valence-electron chi connectivity index (χ2n) is 5.32. The maximum absolute atomic E-state index is 14.0. The number of nitrogens with one attached hydrogen (secondary N) is 1. The highest BCUT2D eigenvalue weighted by molar-refractivity contribution is 7.15. The molecular weight excluding hydrogens is 287 g/mol. The molecule has 2 N–H and O–H groups in total. The van der Waals surface area contributed by atoms with Gasteiger partial charge in [0.05, 0.1) is 5.69 Å². The molecule has 2 aromatic rings. The van der Waals surface area contributed by atoms with E-state index < -0.39 is 5.82 Å². The van der Waals surface area contributed by atoms with Gasteiger partial charge in [0.1, 0.15) is 16.6 Å². The zero-order valence-electron chi connectivity index (χ0n) is 12.6. The van der Waals surface area contributed by atoms with Gasteiger partial charge in [-0.15, -0.1) is 11.3 Å². The number of rotatable bonds is 6. The summed E-state index contributed by atoms with van der Waals surface area (Å²) in [6.07, 6.45) is 1.08. The molecule has 0 spiro atoms. The summed E-state index contributed by atoms with van der Waals surface area (Å²) in [6.45, 7) is 8.03. The van der Waals surface area contributed by atoms with E-state index in [0.717, 1.165) is 36.1 Å². The monoisotopic (exact) mass is 308 g/mol. The fourth-order valence-electron chi connectivity index (χ4n) is 2.11. The van der Waals surface area contributed by atoms with Crippen molar-refractivity contribution in [3.05, 3.63) is 34.6 Å². The fourth-order valence-corrected chi connectivity index (χ4v) is 3.33. The van der Waals surface area contributed by atoms with E-state index in [-0.39, 0.29) is 5.75 Å². The average Bonchev–Trinajstić information content (AvgIpc) is 2.83. The maximum atomic E-state index is 14.0. The Morgan fingerprint density at radius 2 is 2.14 bits per heavy atom. The van der Waals surface area contributed by atoms with E-state index in [4.69, 9.17) is 0 Å². The molecule has 21 heavy (non-hydrogen) atoms. The van der Waals surface area contributed by atoms with Crippen molar-refractivity contribution in [2.24, 2.45) is 0 Å². The molecule has 0 bridgehead atoms. The molecule has 3 nitrogen and oxygen atoms in total. The molecule has 0 saturated heterocycles. The largest absolute Gasteiger partial charge is 0.508 e. The lowest BCUT2D eigenvalue weighted by Gasteiger charge is -2.05. The van der Waals surface area contributed by atoms with E-state index >= 15 is 0 Å². The predicted molar refractivity (Wildman–Crippen MR) is 85.3 cm³/mol. The third-order valence-corrected chi connectivity index (χ3v) is 4.27. The van der Waals surface area contributed by atoms with Crippen LogP contribution in [0.4, 0.5) is 4.39 Å². The quantitative estimate of drug-likeness (QED) is 0.783. The Balaban J connectivity index is 2.34. The Morgan fingerprint density at radius 1 is 1.38 bits per heavy atom. The van der Waals surface area contributed by atoms with Gasteiger partial charge < -0.3 is 10.4 Å². The van der Waals surface area contributed by atoms with E-state index in [1.54, 1.807) is 6.07 Å². The standard InChI is InChI=1S/C16H21FN2OS/c1-4-7-18-9-14-15(10(2)3)19-16(21-14)12-6-5-11(20)8-13(12)17/h5-6,8,10,18,20H,4,7,9H2,1-3H3. The van der Waals surface area contributed by atoms with Crippen LogP contribution in [-0.4, -0.2) is 16.6 Å². The number of halogens is 1. The van der Waals surface area contributed by atoms with Crippen LogP contribution in [-0.2, 0) is 6.54 Å². The normalized spacial score (nSPS) is 11.3. The summed E-state index contributed by atoms with van der Waals surface area (Å²) >= 11 is 1.52. The first-order valence-electron chi connectivity index (χ1n) is 7.22. The highest BCUT2D eigenvalue weighted by Gasteiger charge is 2.17. The minimum Gasteiger partial charge on any atom is -0.508 e. The Hall–Kier alpha value is -1.46. The van der Waals surface area contributed by atoms with Gasteiger partial charge in [-0.25, -0.2) is 9.37 Å². The molecule has 0 aliphatic rings. The number of hydrogen-bond donors (Lipinski definition) is 2. The molecule has 0 fully saturated rings. The molecule has 0 atom stereocenters. The first kappa shape index (κ1) is 15.9. The number of phenols is 1. The van der Waals surface area contributed by atoms with Crippen LogP contribution in [0.5, 0.6) is 5.75 Å². The van der Waals surface area contributed by atoms with Crippen LogP contribution < -0.4 is 5.32 Å². The molecule has 1 aromatic carbocycles. The predicted octanol–water partition coefficient (Wildman–Crippen LogP) is 4.28. The molecule has 114 valence electrons. The summed E-state index contributed by atoms with van der Waals surface area (Å²) in [5.41, 5.74) is 1.47. The number of thiazole rings is 1. The lowest BCUT2D eigenvalue weighted by atomic mass is 10.1. The van der Waals surface area contributed by atoms with Gasteiger partial charge >= 0.3 is 0 Å².